The zero-order valence-corrected chi connectivity index (χ0v) is 18.0. The summed E-state index contributed by atoms with van der Waals surface area (Å²) in [7, 11) is 0. The van der Waals surface area contributed by atoms with Crippen LogP contribution < -0.4 is 16.0 Å². The molecule has 156 valence electrons. The second-order valence-corrected chi connectivity index (χ2v) is 7.86. The molecule has 0 unspecified atom stereocenters. The van der Waals surface area contributed by atoms with Crippen LogP contribution in [0.4, 0.5) is 11.4 Å². The molecule has 5 heteroatoms. The van der Waals surface area contributed by atoms with Crippen LogP contribution in [0.2, 0.25) is 0 Å². The Morgan fingerprint density at radius 3 is 2.03 bits per heavy atom. The van der Waals surface area contributed by atoms with Gasteiger partial charge in [0.15, 0.2) is 6.54 Å². The molecular weight excluding hydrogens is 362 g/mol. The number of carbonyl (C=O) groups excluding carboxylic acids is 2. The van der Waals surface area contributed by atoms with Gasteiger partial charge in [-0.15, -0.1) is 0 Å². The van der Waals surface area contributed by atoms with Crippen molar-refractivity contribution < 1.29 is 14.9 Å². The third-order valence-corrected chi connectivity index (χ3v) is 4.95. The van der Waals surface area contributed by atoms with E-state index < -0.39 is 0 Å². The monoisotopic (exact) mass is 396 g/mol. The molecule has 2 amide bonds. The summed E-state index contributed by atoms with van der Waals surface area (Å²) < 4.78 is 0. The van der Waals surface area contributed by atoms with Crippen molar-refractivity contribution in [3.63, 3.8) is 0 Å². The van der Waals surface area contributed by atoms with Crippen molar-refractivity contribution in [2.45, 2.75) is 53.0 Å². The maximum atomic E-state index is 12.4. The van der Waals surface area contributed by atoms with Crippen LogP contribution in [0.5, 0.6) is 0 Å². The number of amides is 2. The standard InChI is InChI=1S/C24H33N3O2/c1-5-6-7-19-8-10-20(11-9-19)24(17(2)3)25-16-23(29)27-22-14-12-21(13-15-22)26-18(4)28/h8-15,17,24-25H,5-7,16H2,1-4H3,(H,26,28)(H,27,29)/p+1/t24-/m0/s1. The Kier molecular flexibility index (Phi) is 8.87. The zero-order valence-electron chi connectivity index (χ0n) is 18.0. The number of benzene rings is 2. The van der Waals surface area contributed by atoms with Crippen molar-refractivity contribution in [3.8, 4) is 0 Å². The maximum absolute atomic E-state index is 12.4. The molecule has 5 nitrogen and oxygen atoms in total. The largest absolute Gasteiger partial charge is 0.332 e. The molecule has 1 atom stereocenters. The number of aryl methyl sites for hydroxylation is 1. The average Bonchev–Trinajstić information content (AvgIpc) is 2.68. The number of unbranched alkanes of at least 4 members (excludes halogenated alkanes) is 1. The number of quaternary nitrogens is 1. The molecule has 2 aromatic carbocycles. The summed E-state index contributed by atoms with van der Waals surface area (Å²) in [4.78, 5) is 23.5. The number of rotatable bonds is 10. The molecule has 0 radical (unpaired) electrons. The van der Waals surface area contributed by atoms with E-state index in [0.29, 0.717) is 18.2 Å². The van der Waals surface area contributed by atoms with Crippen molar-refractivity contribution in [3.05, 3.63) is 59.7 Å². The van der Waals surface area contributed by atoms with E-state index >= 15 is 0 Å². The Morgan fingerprint density at radius 2 is 1.52 bits per heavy atom. The first-order valence-electron chi connectivity index (χ1n) is 10.5. The van der Waals surface area contributed by atoms with Gasteiger partial charge >= 0.3 is 0 Å². The zero-order chi connectivity index (χ0) is 21.2. The highest BCUT2D eigenvalue weighted by Crippen LogP contribution is 2.19. The molecule has 0 spiro atoms. The minimum atomic E-state index is -0.116. The SMILES string of the molecule is CCCCc1ccc([C@@H]([NH2+]CC(=O)Nc2ccc(NC(C)=O)cc2)C(C)C)cc1. The normalized spacial score (nSPS) is 11.9. The van der Waals surface area contributed by atoms with Gasteiger partial charge in [0, 0.05) is 29.8 Å². The van der Waals surface area contributed by atoms with E-state index in [2.05, 4.69) is 61.0 Å². The summed E-state index contributed by atoms with van der Waals surface area (Å²) in [6, 6.07) is 16.2. The number of nitrogens with two attached hydrogens (primary N) is 1. The Balaban J connectivity index is 1.90. The van der Waals surface area contributed by atoms with Gasteiger partial charge in [-0.1, -0.05) is 51.5 Å². The van der Waals surface area contributed by atoms with Gasteiger partial charge in [0.1, 0.15) is 6.04 Å². The summed E-state index contributed by atoms with van der Waals surface area (Å²) >= 11 is 0. The lowest BCUT2D eigenvalue weighted by molar-refractivity contribution is -0.692. The molecule has 0 bridgehead atoms. The number of anilines is 2. The highest BCUT2D eigenvalue weighted by atomic mass is 16.2. The van der Waals surface area contributed by atoms with Crippen LogP contribution in [0.25, 0.3) is 0 Å². The molecule has 2 aromatic rings. The van der Waals surface area contributed by atoms with Gasteiger partial charge in [0.25, 0.3) is 5.91 Å². The first-order chi connectivity index (χ1) is 13.9. The molecule has 29 heavy (non-hydrogen) atoms. The van der Waals surface area contributed by atoms with Crippen LogP contribution in [0.1, 0.15) is 57.7 Å². The van der Waals surface area contributed by atoms with Gasteiger partial charge in [-0.3, -0.25) is 9.59 Å². The number of hydrogen-bond acceptors (Lipinski definition) is 2. The van der Waals surface area contributed by atoms with E-state index in [9.17, 15) is 9.59 Å². The second kappa shape index (κ2) is 11.4. The quantitative estimate of drug-likeness (QED) is 0.570. The van der Waals surface area contributed by atoms with Crippen molar-refractivity contribution in [1.29, 1.82) is 0 Å². The Morgan fingerprint density at radius 1 is 0.931 bits per heavy atom. The van der Waals surface area contributed by atoms with E-state index in [4.69, 9.17) is 0 Å². The Hall–Kier alpha value is -2.66. The van der Waals surface area contributed by atoms with Gasteiger partial charge in [0.05, 0.1) is 0 Å². The predicted molar refractivity (Wildman–Crippen MR) is 119 cm³/mol. The highest BCUT2D eigenvalue weighted by Gasteiger charge is 2.20. The van der Waals surface area contributed by atoms with Gasteiger partial charge in [-0.2, -0.15) is 0 Å². The maximum Gasteiger partial charge on any atom is 0.279 e. The Labute approximate surface area is 174 Å². The summed E-state index contributed by atoms with van der Waals surface area (Å²) in [6.45, 7) is 8.40. The third kappa shape index (κ3) is 7.70. The van der Waals surface area contributed by atoms with E-state index in [0.717, 1.165) is 12.1 Å². The first kappa shape index (κ1) is 22.6. The van der Waals surface area contributed by atoms with Crippen LogP contribution in [0.15, 0.2) is 48.5 Å². The number of carbonyl (C=O) groups is 2. The topological polar surface area (TPSA) is 74.8 Å². The lowest BCUT2D eigenvalue weighted by Gasteiger charge is -2.20. The molecule has 0 aliphatic rings. The van der Waals surface area contributed by atoms with Gasteiger partial charge in [-0.25, -0.2) is 0 Å². The smallest absolute Gasteiger partial charge is 0.279 e. The molecule has 0 heterocycles. The van der Waals surface area contributed by atoms with Crippen LogP contribution in [-0.2, 0) is 16.0 Å². The third-order valence-electron chi connectivity index (χ3n) is 4.95. The summed E-state index contributed by atoms with van der Waals surface area (Å²) in [5.74, 6) is 0.262. The van der Waals surface area contributed by atoms with E-state index in [1.807, 2.05) is 0 Å². The molecule has 0 fully saturated rings. The van der Waals surface area contributed by atoms with Crippen LogP contribution in [0, 0.1) is 5.92 Å². The lowest BCUT2D eigenvalue weighted by Crippen LogP contribution is -2.88. The molecule has 4 N–H and O–H groups in total. The van der Waals surface area contributed by atoms with E-state index in [-0.39, 0.29) is 17.9 Å². The van der Waals surface area contributed by atoms with Crippen molar-refractivity contribution >= 4 is 23.2 Å². The van der Waals surface area contributed by atoms with Crippen LogP contribution in [0.3, 0.4) is 0 Å². The molecular formula is C24H34N3O2+. The van der Waals surface area contributed by atoms with Crippen molar-refractivity contribution in [1.82, 2.24) is 0 Å². The highest BCUT2D eigenvalue weighted by molar-refractivity contribution is 5.92. The number of hydrogen-bond donors (Lipinski definition) is 3. The molecule has 0 saturated carbocycles. The minimum Gasteiger partial charge on any atom is -0.332 e. The number of nitrogens with one attached hydrogen (secondary N) is 2. The molecule has 0 saturated heterocycles. The fourth-order valence-corrected chi connectivity index (χ4v) is 3.37. The average molecular weight is 397 g/mol. The Bertz CT molecular complexity index is 783. The van der Waals surface area contributed by atoms with Crippen LogP contribution >= 0.6 is 0 Å². The fourth-order valence-electron chi connectivity index (χ4n) is 3.37. The summed E-state index contributed by atoms with van der Waals surface area (Å²) in [5.41, 5.74) is 4.06. The van der Waals surface area contributed by atoms with E-state index in [1.54, 1.807) is 24.3 Å². The second-order valence-electron chi connectivity index (χ2n) is 7.86. The van der Waals surface area contributed by atoms with Crippen LogP contribution in [-0.4, -0.2) is 18.4 Å². The predicted octanol–water partition coefficient (Wildman–Crippen LogP) is 3.89. The molecule has 2 rings (SSSR count). The van der Waals surface area contributed by atoms with Gasteiger partial charge in [-0.05, 0) is 42.7 Å². The van der Waals surface area contributed by atoms with Crippen molar-refractivity contribution in [2.75, 3.05) is 17.2 Å². The fraction of sp³-hybridized carbons (Fsp3) is 0.417. The summed E-state index contributed by atoms with van der Waals surface area (Å²) in [6.07, 6.45) is 3.54. The first-order valence-corrected chi connectivity index (χ1v) is 10.5. The van der Waals surface area contributed by atoms with Crippen molar-refractivity contribution in [2.24, 2.45) is 5.92 Å². The van der Waals surface area contributed by atoms with E-state index in [1.165, 1.54) is 30.9 Å². The molecule has 0 aliphatic heterocycles. The van der Waals surface area contributed by atoms with Gasteiger partial charge < -0.3 is 16.0 Å². The summed E-state index contributed by atoms with van der Waals surface area (Å²) in [5, 5.41) is 7.73. The van der Waals surface area contributed by atoms with Gasteiger partial charge in [0.2, 0.25) is 5.91 Å². The molecule has 0 aromatic heterocycles. The minimum absolute atomic E-state index is 0.0394. The lowest BCUT2D eigenvalue weighted by atomic mass is 9.94. The molecule has 0 aliphatic carbocycles.